The van der Waals surface area contributed by atoms with Gasteiger partial charge in [0, 0.05) is 61.6 Å². The molecule has 3 aliphatic heterocycles. The number of ketones is 1. The van der Waals surface area contributed by atoms with Gasteiger partial charge in [0.1, 0.15) is 23.4 Å². The summed E-state index contributed by atoms with van der Waals surface area (Å²) in [7, 11) is 2.98. The van der Waals surface area contributed by atoms with Gasteiger partial charge in [-0.1, -0.05) is 45.9 Å². The number of benzene rings is 2. The van der Waals surface area contributed by atoms with E-state index in [0.717, 1.165) is 5.57 Å². The van der Waals surface area contributed by atoms with Crippen LogP contribution >= 0.6 is 0 Å². The molecule has 12 heteroatoms. The first kappa shape index (κ1) is 37.0. The number of aromatic hydroxyl groups is 1. The van der Waals surface area contributed by atoms with Gasteiger partial charge in [-0.25, -0.2) is 0 Å². The molecule has 0 aliphatic carbocycles. The molecular formula is C38H49NO11. The summed E-state index contributed by atoms with van der Waals surface area (Å²) >= 11 is 0. The number of carbonyl (C=O) groups excluding carboxylic acids is 2. The first-order valence-electron chi connectivity index (χ1n) is 16.9. The molecule has 0 saturated carbocycles. The van der Waals surface area contributed by atoms with Crippen LogP contribution in [-0.4, -0.2) is 77.7 Å². The van der Waals surface area contributed by atoms with Gasteiger partial charge in [0.05, 0.1) is 48.3 Å². The highest BCUT2D eigenvalue weighted by Gasteiger charge is 2.50. The van der Waals surface area contributed by atoms with Crippen LogP contribution in [0.1, 0.15) is 64.4 Å². The van der Waals surface area contributed by atoms with Crippen molar-refractivity contribution in [1.82, 2.24) is 0 Å². The molecule has 0 saturated heterocycles. The number of carbonyl (C=O) groups is 2. The third-order valence-corrected chi connectivity index (χ3v) is 10.3. The molecule has 4 N–H and O–H groups in total. The Kier molecular flexibility index (Phi) is 10.5. The topological polar surface area (TPSA) is 162 Å². The van der Waals surface area contributed by atoms with E-state index >= 15 is 0 Å². The molecule has 10 unspecified atom stereocenters. The molecule has 5 rings (SSSR count). The van der Waals surface area contributed by atoms with Crippen molar-refractivity contribution in [3.63, 3.8) is 0 Å². The number of fused-ring (bicyclic) bond motifs is 2. The number of nitrogens with one attached hydrogen (secondary N) is 1. The summed E-state index contributed by atoms with van der Waals surface area (Å²) in [6, 6.07) is 1.51. The molecule has 0 aromatic heterocycles. The number of aliphatic hydroxyl groups excluding tert-OH is 2. The highest BCUT2D eigenvalue weighted by atomic mass is 16.7. The molecular weight excluding hydrogens is 646 g/mol. The summed E-state index contributed by atoms with van der Waals surface area (Å²) in [5, 5.41) is 38.1. The van der Waals surface area contributed by atoms with Crippen molar-refractivity contribution in [1.29, 1.82) is 0 Å². The maximum atomic E-state index is 14.2. The van der Waals surface area contributed by atoms with Crippen LogP contribution in [0.3, 0.4) is 0 Å². The van der Waals surface area contributed by atoms with Gasteiger partial charge >= 0.3 is 11.8 Å². The van der Waals surface area contributed by atoms with Gasteiger partial charge in [-0.3, -0.25) is 9.59 Å². The average Bonchev–Trinajstić information content (AvgIpc) is 3.62. The van der Waals surface area contributed by atoms with Gasteiger partial charge in [0.2, 0.25) is 0 Å². The third-order valence-electron chi connectivity index (χ3n) is 10.3. The zero-order chi connectivity index (χ0) is 36.8. The number of allylic oxidation sites excluding steroid dienone is 2. The van der Waals surface area contributed by atoms with Crippen molar-refractivity contribution in [3.8, 4) is 23.0 Å². The van der Waals surface area contributed by atoms with Gasteiger partial charge in [-0.05, 0) is 25.5 Å². The fraction of sp³-hybridized carbons (Fsp3) is 0.526. The summed E-state index contributed by atoms with van der Waals surface area (Å²) in [5.41, 5.74) is 1.96. The van der Waals surface area contributed by atoms with E-state index in [-0.39, 0.29) is 28.4 Å². The number of esters is 1. The van der Waals surface area contributed by atoms with Crippen molar-refractivity contribution >= 4 is 28.2 Å². The normalized spacial score (nSPS) is 35.1. The van der Waals surface area contributed by atoms with Crippen molar-refractivity contribution in [2.75, 3.05) is 19.5 Å². The van der Waals surface area contributed by atoms with Crippen LogP contribution in [0.5, 0.6) is 23.0 Å². The largest absolute Gasteiger partial charge is 0.507 e. The Balaban J connectivity index is 1.65. The van der Waals surface area contributed by atoms with Crippen LogP contribution in [0.15, 0.2) is 42.2 Å². The maximum Gasteiger partial charge on any atom is 0.312 e. The van der Waals surface area contributed by atoms with Crippen LogP contribution in [0.25, 0.3) is 10.8 Å². The van der Waals surface area contributed by atoms with Gasteiger partial charge in [0.25, 0.3) is 5.78 Å². The predicted molar refractivity (Wildman–Crippen MR) is 186 cm³/mol. The van der Waals surface area contributed by atoms with E-state index in [1.807, 2.05) is 39.0 Å². The smallest absolute Gasteiger partial charge is 0.312 e. The van der Waals surface area contributed by atoms with Crippen LogP contribution in [0.4, 0.5) is 5.69 Å². The van der Waals surface area contributed by atoms with Crippen molar-refractivity contribution in [2.45, 2.75) is 91.8 Å². The molecule has 0 spiro atoms. The quantitative estimate of drug-likeness (QED) is 0.297. The number of ether oxygens (including phenoxy) is 6. The summed E-state index contributed by atoms with van der Waals surface area (Å²) in [5.74, 6) is -4.09. The van der Waals surface area contributed by atoms with Crippen molar-refractivity contribution in [2.24, 2.45) is 23.7 Å². The molecule has 272 valence electrons. The van der Waals surface area contributed by atoms with Crippen LogP contribution in [0.2, 0.25) is 0 Å². The SMILES string of the molecule is COc1c(C)c2c3c4c(O)cc5c(c14)OC(N5)/C(C)=C\C=C\C(C)C(O)C(C)C(O)C(C)C(OC(C)=O)C(C)C(OC)/C=C/OC(C)(O2)C3=O. The van der Waals surface area contributed by atoms with Crippen molar-refractivity contribution < 1.29 is 53.3 Å². The Labute approximate surface area is 292 Å². The number of rotatable bonds is 3. The predicted octanol–water partition coefficient (Wildman–Crippen LogP) is 5.54. The second kappa shape index (κ2) is 14.2. The first-order chi connectivity index (χ1) is 23.6. The maximum absolute atomic E-state index is 14.2. The van der Waals surface area contributed by atoms with E-state index in [4.69, 9.17) is 28.4 Å². The second-order valence-electron chi connectivity index (χ2n) is 13.8. The molecule has 10 atom stereocenters. The lowest BCUT2D eigenvalue weighted by Gasteiger charge is -2.38. The summed E-state index contributed by atoms with van der Waals surface area (Å²) in [4.78, 5) is 26.4. The second-order valence-corrected chi connectivity index (χ2v) is 13.8. The number of anilines is 1. The Bertz CT molecular complexity index is 1750. The van der Waals surface area contributed by atoms with E-state index in [2.05, 4.69) is 5.32 Å². The Morgan fingerprint density at radius 1 is 0.980 bits per heavy atom. The molecule has 6 bridgehead atoms. The molecule has 50 heavy (non-hydrogen) atoms. The van der Waals surface area contributed by atoms with Gasteiger partial charge in [0.15, 0.2) is 12.0 Å². The molecule has 12 nitrogen and oxygen atoms in total. The highest BCUT2D eigenvalue weighted by Crippen LogP contribution is 2.55. The number of phenolic OH excluding ortho intramolecular Hbond substituents is 1. The highest BCUT2D eigenvalue weighted by molar-refractivity contribution is 6.21. The van der Waals surface area contributed by atoms with Crippen molar-refractivity contribution in [3.05, 3.63) is 53.3 Å². The summed E-state index contributed by atoms with van der Waals surface area (Å²) < 4.78 is 36.0. The fourth-order valence-corrected chi connectivity index (χ4v) is 7.31. The zero-order valence-electron chi connectivity index (χ0n) is 30.3. The van der Waals surface area contributed by atoms with Gasteiger partial charge < -0.3 is 49.1 Å². The van der Waals surface area contributed by atoms with Gasteiger partial charge in [-0.2, -0.15) is 0 Å². The Morgan fingerprint density at radius 2 is 1.68 bits per heavy atom. The molecule has 2 aromatic carbocycles. The van der Waals surface area contributed by atoms with E-state index < -0.39 is 65.9 Å². The number of hydrogen-bond donors (Lipinski definition) is 4. The minimum Gasteiger partial charge on any atom is -0.507 e. The lowest BCUT2D eigenvalue weighted by atomic mass is 9.78. The van der Waals surface area contributed by atoms with Gasteiger partial charge in [-0.15, -0.1) is 0 Å². The molecule has 2 aromatic rings. The first-order valence-corrected chi connectivity index (χ1v) is 16.9. The third kappa shape index (κ3) is 6.40. The molecule has 0 amide bonds. The van der Waals surface area contributed by atoms with Crippen LogP contribution in [-0.2, 0) is 19.0 Å². The minimum atomic E-state index is -1.82. The van der Waals surface area contributed by atoms with E-state index in [9.17, 15) is 24.9 Å². The number of Topliss-reactive ketones (excluding diaryl/α,β-unsaturated/α-hetero) is 1. The van der Waals surface area contributed by atoms with E-state index in [1.165, 1.54) is 40.4 Å². The lowest BCUT2D eigenvalue weighted by Crippen LogP contribution is -2.46. The molecule has 3 heterocycles. The average molecular weight is 696 g/mol. The lowest BCUT2D eigenvalue weighted by molar-refractivity contribution is -0.160. The monoisotopic (exact) mass is 695 g/mol. The Hall–Kier alpha value is -4.26. The molecule has 3 aliphatic rings. The number of methoxy groups -OCH3 is 2. The minimum absolute atomic E-state index is 0.131. The van der Waals surface area contributed by atoms with E-state index in [1.54, 1.807) is 26.8 Å². The Morgan fingerprint density at radius 3 is 2.32 bits per heavy atom. The van der Waals surface area contributed by atoms with Crippen LogP contribution in [0, 0.1) is 30.6 Å². The van der Waals surface area contributed by atoms with Crippen LogP contribution < -0.4 is 19.5 Å². The fourth-order valence-electron chi connectivity index (χ4n) is 7.31. The summed E-state index contributed by atoms with van der Waals surface area (Å²) in [6.45, 7) is 13.6. The molecule has 0 fully saturated rings. The standard InChI is InChI=1S/C38H49NO11/c1-17-12-11-13-18(2)37-39-24-16-25(41)27-28(35(24)49-37)33(46-10)22(6)34-29(27)36(44)38(8,50-34)47-15-14-26(45-9)19(3)32(48-23(7)40)21(5)31(43)20(4)30(17)42/h11-17,19-21,26,30-32,37,39,41-43H,1-10H3/b12-11+,15-14+,18-13-. The zero-order valence-corrected chi connectivity index (χ0v) is 30.3. The summed E-state index contributed by atoms with van der Waals surface area (Å²) in [6.07, 6.45) is 4.32. The number of phenols is 1. The molecule has 0 radical (unpaired) electrons. The number of aliphatic hydroxyl groups is 2. The number of hydrogen-bond acceptors (Lipinski definition) is 12. The van der Waals surface area contributed by atoms with E-state index in [0.29, 0.717) is 28.1 Å².